The van der Waals surface area contributed by atoms with Crippen LogP contribution in [-0.4, -0.2) is 15.0 Å². The monoisotopic (exact) mass is 169 g/mol. The zero-order valence-electron chi connectivity index (χ0n) is 8.49. The van der Waals surface area contributed by atoms with Crippen molar-refractivity contribution in [2.75, 3.05) is 0 Å². The molecule has 0 atom stereocenters. The molecule has 0 spiro atoms. The lowest BCUT2D eigenvalue weighted by Crippen LogP contribution is -2.01. The van der Waals surface area contributed by atoms with Crippen molar-refractivity contribution in [3.8, 4) is 0 Å². The summed E-state index contributed by atoms with van der Waals surface area (Å²) in [5, 5.41) is 7.57. The first-order valence-electron chi connectivity index (χ1n) is 4.63. The van der Waals surface area contributed by atoms with Crippen LogP contribution in [0.2, 0.25) is 0 Å². The van der Waals surface area contributed by atoms with Gasteiger partial charge in [-0.05, 0) is 12.3 Å². The molecule has 1 rings (SSSR count). The zero-order chi connectivity index (χ0) is 9.40. The van der Waals surface area contributed by atoms with E-state index >= 15 is 0 Å². The molecule has 0 saturated heterocycles. The summed E-state index contributed by atoms with van der Waals surface area (Å²) in [7, 11) is 0. The minimum Gasteiger partial charge on any atom is -0.253 e. The van der Waals surface area contributed by atoms with Gasteiger partial charge in [-0.1, -0.05) is 32.9 Å². The Bertz CT molecular complexity index is 168. The maximum atomic E-state index is 3.85. The Morgan fingerprint density at radius 3 is 2.42 bits per heavy atom. The topological polar surface area (TPSA) is 30.7 Å². The average molecular weight is 169 g/mol. The molecule has 0 radical (unpaired) electrons. The molecule has 3 heteroatoms. The van der Waals surface area contributed by atoms with Gasteiger partial charge in [0.1, 0.15) is 0 Å². The van der Waals surface area contributed by atoms with Gasteiger partial charge < -0.3 is 0 Å². The van der Waals surface area contributed by atoms with Crippen LogP contribution in [0.25, 0.3) is 0 Å². The Labute approximate surface area is 74.8 Å². The number of aryl methyl sites for hydroxylation is 1. The summed E-state index contributed by atoms with van der Waals surface area (Å²) in [5.74, 6) is 0.740. The number of hydrogen-bond acceptors (Lipinski definition) is 2. The van der Waals surface area contributed by atoms with Gasteiger partial charge >= 0.3 is 0 Å². The quantitative estimate of drug-likeness (QED) is 0.695. The van der Waals surface area contributed by atoms with Gasteiger partial charge in [-0.2, -0.15) is 0 Å². The summed E-state index contributed by atoms with van der Waals surface area (Å²) >= 11 is 0. The van der Waals surface area contributed by atoms with Crippen LogP contribution in [-0.2, 0) is 6.54 Å². The van der Waals surface area contributed by atoms with Gasteiger partial charge in [-0.15, -0.1) is 5.10 Å². The summed E-state index contributed by atoms with van der Waals surface area (Å²) < 4.78 is 1.86. The van der Waals surface area contributed by atoms with Crippen LogP contribution in [0.15, 0.2) is 12.4 Å². The van der Waals surface area contributed by atoms with Crippen LogP contribution in [0, 0.1) is 5.92 Å². The second-order valence-corrected chi connectivity index (χ2v) is 2.85. The molecule has 70 valence electrons. The third kappa shape index (κ3) is 4.88. The van der Waals surface area contributed by atoms with E-state index in [4.69, 9.17) is 0 Å². The number of aromatic nitrogens is 3. The normalized spacial score (nSPS) is 9.42. The largest absolute Gasteiger partial charge is 0.253 e. The first-order valence-corrected chi connectivity index (χ1v) is 4.63. The molecular formula is C9H19N3. The van der Waals surface area contributed by atoms with Crippen molar-refractivity contribution in [2.24, 2.45) is 5.92 Å². The Morgan fingerprint density at radius 1 is 1.33 bits per heavy atom. The predicted molar refractivity (Wildman–Crippen MR) is 50.8 cm³/mol. The van der Waals surface area contributed by atoms with Gasteiger partial charge in [0.25, 0.3) is 0 Å². The molecule has 0 aliphatic carbocycles. The van der Waals surface area contributed by atoms with Crippen LogP contribution >= 0.6 is 0 Å². The van der Waals surface area contributed by atoms with Crippen LogP contribution in [0.5, 0.6) is 0 Å². The SMILES string of the molecule is CC.CC(C)CCn1ccnn1. The maximum Gasteiger partial charge on any atom is 0.0692 e. The molecule has 0 aliphatic heterocycles. The van der Waals surface area contributed by atoms with E-state index in [1.54, 1.807) is 6.20 Å². The molecule has 1 aromatic rings. The third-order valence-electron chi connectivity index (χ3n) is 1.41. The summed E-state index contributed by atoms with van der Waals surface area (Å²) in [4.78, 5) is 0. The van der Waals surface area contributed by atoms with Crippen molar-refractivity contribution in [3.05, 3.63) is 12.4 Å². The molecule has 0 aliphatic rings. The molecule has 3 nitrogen and oxygen atoms in total. The fourth-order valence-corrected chi connectivity index (χ4v) is 0.742. The minimum atomic E-state index is 0.740. The van der Waals surface area contributed by atoms with Gasteiger partial charge in [-0.3, -0.25) is 4.68 Å². The smallest absolute Gasteiger partial charge is 0.0692 e. The van der Waals surface area contributed by atoms with E-state index in [0.717, 1.165) is 12.5 Å². The maximum absolute atomic E-state index is 3.85. The fourth-order valence-electron chi connectivity index (χ4n) is 0.742. The Hall–Kier alpha value is -0.860. The van der Waals surface area contributed by atoms with Crippen LogP contribution in [0.1, 0.15) is 34.1 Å². The van der Waals surface area contributed by atoms with Crippen molar-refractivity contribution in [2.45, 2.75) is 40.7 Å². The second-order valence-electron chi connectivity index (χ2n) is 2.85. The number of hydrogen-bond donors (Lipinski definition) is 0. The number of rotatable bonds is 3. The molecule has 0 bridgehead atoms. The highest BCUT2D eigenvalue weighted by Gasteiger charge is 1.94. The van der Waals surface area contributed by atoms with Gasteiger partial charge in [0.15, 0.2) is 0 Å². The van der Waals surface area contributed by atoms with Crippen molar-refractivity contribution in [1.29, 1.82) is 0 Å². The molecule has 0 fully saturated rings. The van der Waals surface area contributed by atoms with Crippen LogP contribution in [0.4, 0.5) is 0 Å². The van der Waals surface area contributed by atoms with Gasteiger partial charge in [0.2, 0.25) is 0 Å². The molecule has 0 aromatic carbocycles. The van der Waals surface area contributed by atoms with Crippen molar-refractivity contribution in [1.82, 2.24) is 15.0 Å². The van der Waals surface area contributed by atoms with E-state index in [-0.39, 0.29) is 0 Å². The Kier molecular flexibility index (Phi) is 6.34. The van der Waals surface area contributed by atoms with E-state index in [9.17, 15) is 0 Å². The van der Waals surface area contributed by atoms with Gasteiger partial charge in [0, 0.05) is 12.7 Å². The lowest BCUT2D eigenvalue weighted by Gasteiger charge is -2.02. The molecule has 0 unspecified atom stereocenters. The molecule has 0 N–H and O–H groups in total. The summed E-state index contributed by atoms with van der Waals surface area (Å²) in [5.41, 5.74) is 0. The average Bonchev–Trinajstić information content (AvgIpc) is 2.56. The van der Waals surface area contributed by atoms with Crippen LogP contribution < -0.4 is 0 Å². The fraction of sp³-hybridized carbons (Fsp3) is 0.778. The second kappa shape index (κ2) is 6.83. The third-order valence-corrected chi connectivity index (χ3v) is 1.41. The van der Waals surface area contributed by atoms with E-state index < -0.39 is 0 Å². The van der Waals surface area contributed by atoms with Crippen molar-refractivity contribution < 1.29 is 0 Å². The summed E-state index contributed by atoms with van der Waals surface area (Å²) in [6, 6.07) is 0. The lowest BCUT2D eigenvalue weighted by atomic mass is 10.1. The standard InChI is InChI=1S/C7H13N3.C2H6/c1-7(2)3-5-10-6-4-8-9-10;1-2/h4,6-7H,3,5H2,1-2H3;1-2H3. The van der Waals surface area contributed by atoms with Crippen molar-refractivity contribution in [3.63, 3.8) is 0 Å². The Balaban J connectivity index is 0.000000561. The van der Waals surface area contributed by atoms with Crippen LogP contribution in [0.3, 0.4) is 0 Å². The zero-order valence-corrected chi connectivity index (χ0v) is 8.49. The van der Waals surface area contributed by atoms with Crippen molar-refractivity contribution >= 4 is 0 Å². The summed E-state index contributed by atoms with van der Waals surface area (Å²) in [6.45, 7) is 9.39. The van der Waals surface area contributed by atoms with E-state index in [0.29, 0.717) is 0 Å². The van der Waals surface area contributed by atoms with E-state index in [1.807, 2.05) is 24.7 Å². The molecule has 0 amide bonds. The molecule has 0 saturated carbocycles. The molecule has 1 heterocycles. The Morgan fingerprint density at radius 2 is 2.00 bits per heavy atom. The lowest BCUT2D eigenvalue weighted by molar-refractivity contribution is 0.478. The molecule has 12 heavy (non-hydrogen) atoms. The molecular weight excluding hydrogens is 150 g/mol. The molecule has 1 aromatic heterocycles. The highest BCUT2D eigenvalue weighted by atomic mass is 15.4. The highest BCUT2D eigenvalue weighted by molar-refractivity contribution is 4.63. The minimum absolute atomic E-state index is 0.740. The number of nitrogens with zero attached hydrogens (tertiary/aromatic N) is 3. The van der Waals surface area contributed by atoms with E-state index in [1.165, 1.54) is 6.42 Å². The first-order chi connectivity index (χ1) is 5.79. The summed E-state index contributed by atoms with van der Waals surface area (Å²) in [6.07, 6.45) is 4.77. The predicted octanol–water partition coefficient (Wildman–Crippen LogP) is 2.35. The van der Waals surface area contributed by atoms with Gasteiger partial charge in [0.05, 0.1) is 6.20 Å². The highest BCUT2D eigenvalue weighted by Crippen LogP contribution is 2.00. The van der Waals surface area contributed by atoms with Gasteiger partial charge in [-0.25, -0.2) is 0 Å². The first kappa shape index (κ1) is 11.1. The van der Waals surface area contributed by atoms with E-state index in [2.05, 4.69) is 24.2 Å².